The third-order valence-electron chi connectivity index (χ3n) is 3.84. The molecule has 0 radical (unpaired) electrons. The number of nitrogens with one attached hydrogen (secondary N) is 1. The molecule has 0 bridgehead atoms. The summed E-state index contributed by atoms with van der Waals surface area (Å²) in [5.41, 5.74) is 0. The third-order valence-corrected chi connectivity index (χ3v) is 4.88. The minimum absolute atomic E-state index is 0.412. The molecule has 2 saturated heterocycles. The van der Waals surface area contributed by atoms with Gasteiger partial charge in [-0.3, -0.25) is 4.99 Å². The summed E-state index contributed by atoms with van der Waals surface area (Å²) >= 11 is 1.89. The van der Waals surface area contributed by atoms with Gasteiger partial charge in [0, 0.05) is 17.9 Å². The Bertz CT molecular complexity index is 305. The highest BCUT2D eigenvalue weighted by atomic mass is 32.2. The van der Waals surface area contributed by atoms with Crippen LogP contribution in [0.4, 0.5) is 0 Å². The molecule has 0 spiro atoms. The van der Waals surface area contributed by atoms with E-state index in [-0.39, 0.29) is 0 Å². The zero-order chi connectivity index (χ0) is 11.8. The van der Waals surface area contributed by atoms with Gasteiger partial charge in [0.1, 0.15) is 0 Å². The highest BCUT2D eigenvalue weighted by Crippen LogP contribution is 2.40. The molecule has 3 rings (SSSR count). The topological polar surface area (TPSA) is 33.6 Å². The Morgan fingerprint density at radius 3 is 2.82 bits per heavy atom. The van der Waals surface area contributed by atoms with Crippen molar-refractivity contribution in [1.29, 1.82) is 0 Å². The molecule has 3 nitrogen and oxygen atoms in total. The van der Waals surface area contributed by atoms with Gasteiger partial charge in [0.05, 0.1) is 12.1 Å². The van der Waals surface area contributed by atoms with Crippen LogP contribution in [-0.4, -0.2) is 35.2 Å². The first-order valence-electron chi connectivity index (χ1n) is 6.85. The van der Waals surface area contributed by atoms with Crippen molar-refractivity contribution in [2.75, 3.05) is 6.61 Å². The van der Waals surface area contributed by atoms with Crippen molar-refractivity contribution < 1.29 is 4.74 Å². The van der Waals surface area contributed by atoms with Gasteiger partial charge in [-0.1, -0.05) is 18.7 Å². The molecule has 1 saturated carbocycles. The predicted octanol–water partition coefficient (Wildman–Crippen LogP) is 2.41. The number of nitrogens with zero attached hydrogens (tertiary/aromatic N) is 1. The highest BCUT2D eigenvalue weighted by molar-refractivity contribution is 8.14. The van der Waals surface area contributed by atoms with E-state index < -0.39 is 0 Å². The summed E-state index contributed by atoms with van der Waals surface area (Å²) in [5, 5.41) is 5.35. The number of aliphatic imine (C=N–C) groups is 1. The molecule has 4 heteroatoms. The normalized spacial score (nSPS) is 44.9. The molecule has 0 aromatic heterocycles. The summed E-state index contributed by atoms with van der Waals surface area (Å²) in [5.74, 6) is 0.801. The molecule has 1 aliphatic carbocycles. The smallest absolute Gasteiger partial charge is 0.157 e. The fourth-order valence-electron chi connectivity index (χ4n) is 2.87. The summed E-state index contributed by atoms with van der Waals surface area (Å²) in [6, 6.07) is 0.974. The molecular weight excluding hydrogens is 232 g/mol. The van der Waals surface area contributed by atoms with Crippen molar-refractivity contribution in [1.82, 2.24) is 5.32 Å². The number of rotatable bonds is 2. The second-order valence-electron chi connectivity index (χ2n) is 5.67. The number of thioether (sulfide) groups is 1. The van der Waals surface area contributed by atoms with E-state index in [4.69, 9.17) is 9.73 Å². The van der Waals surface area contributed by atoms with E-state index in [9.17, 15) is 0 Å². The van der Waals surface area contributed by atoms with Gasteiger partial charge in [-0.05, 0) is 38.5 Å². The SMILES string of the molecule is CC1CC(C)SC(=NC2CCOC2C2CC2)N1. The Morgan fingerprint density at radius 1 is 1.29 bits per heavy atom. The van der Waals surface area contributed by atoms with Crippen LogP contribution >= 0.6 is 11.8 Å². The average molecular weight is 254 g/mol. The lowest BCUT2D eigenvalue weighted by atomic mass is 10.1. The molecule has 2 aliphatic heterocycles. The Labute approximate surface area is 108 Å². The number of ether oxygens (including phenoxy) is 1. The second-order valence-corrected chi connectivity index (χ2v) is 7.10. The van der Waals surface area contributed by atoms with Crippen LogP contribution in [0.1, 0.15) is 39.5 Å². The first-order valence-corrected chi connectivity index (χ1v) is 7.73. The monoisotopic (exact) mass is 254 g/mol. The largest absolute Gasteiger partial charge is 0.376 e. The van der Waals surface area contributed by atoms with Crippen LogP contribution in [0.3, 0.4) is 0 Å². The fourth-order valence-corrected chi connectivity index (χ4v) is 4.10. The van der Waals surface area contributed by atoms with Crippen LogP contribution in [0.5, 0.6) is 0 Å². The zero-order valence-electron chi connectivity index (χ0n) is 10.7. The fraction of sp³-hybridized carbons (Fsp3) is 0.923. The maximum atomic E-state index is 5.84. The van der Waals surface area contributed by atoms with E-state index in [2.05, 4.69) is 19.2 Å². The lowest BCUT2D eigenvalue weighted by Crippen LogP contribution is -2.39. The van der Waals surface area contributed by atoms with E-state index in [1.54, 1.807) is 0 Å². The van der Waals surface area contributed by atoms with Gasteiger partial charge >= 0.3 is 0 Å². The minimum Gasteiger partial charge on any atom is -0.376 e. The van der Waals surface area contributed by atoms with Crippen LogP contribution in [0.25, 0.3) is 0 Å². The van der Waals surface area contributed by atoms with Gasteiger partial charge in [0.15, 0.2) is 5.17 Å². The first kappa shape index (κ1) is 11.8. The number of amidine groups is 1. The summed E-state index contributed by atoms with van der Waals surface area (Å²) in [6.07, 6.45) is 5.45. The lowest BCUT2D eigenvalue weighted by molar-refractivity contribution is 0.0875. The molecule has 0 aromatic rings. The van der Waals surface area contributed by atoms with Crippen molar-refractivity contribution in [3.8, 4) is 0 Å². The minimum atomic E-state index is 0.412. The maximum Gasteiger partial charge on any atom is 0.157 e. The second kappa shape index (κ2) is 4.81. The van der Waals surface area contributed by atoms with Gasteiger partial charge in [-0.2, -0.15) is 0 Å². The molecule has 4 atom stereocenters. The van der Waals surface area contributed by atoms with E-state index in [0.29, 0.717) is 23.4 Å². The van der Waals surface area contributed by atoms with Crippen molar-refractivity contribution in [3.63, 3.8) is 0 Å². The van der Waals surface area contributed by atoms with E-state index >= 15 is 0 Å². The standard InChI is InChI=1S/C13H22N2OS/c1-8-7-9(2)17-13(14-8)15-11-5-6-16-12(11)10-3-4-10/h8-12H,3-7H2,1-2H3,(H,14,15). The molecule has 17 heavy (non-hydrogen) atoms. The Hall–Kier alpha value is -0.220. The van der Waals surface area contributed by atoms with Crippen LogP contribution in [-0.2, 0) is 4.74 Å². The molecular formula is C13H22N2OS. The van der Waals surface area contributed by atoms with Gasteiger partial charge in [0.2, 0.25) is 0 Å². The molecule has 4 unspecified atom stereocenters. The number of hydrogen-bond donors (Lipinski definition) is 1. The molecule has 3 aliphatic rings. The highest BCUT2D eigenvalue weighted by Gasteiger charge is 2.41. The predicted molar refractivity (Wildman–Crippen MR) is 72.6 cm³/mol. The van der Waals surface area contributed by atoms with Crippen molar-refractivity contribution in [3.05, 3.63) is 0 Å². The Balaban J connectivity index is 1.67. The van der Waals surface area contributed by atoms with E-state index in [1.165, 1.54) is 19.3 Å². The van der Waals surface area contributed by atoms with Crippen LogP contribution in [0.2, 0.25) is 0 Å². The van der Waals surface area contributed by atoms with Crippen molar-refractivity contribution in [2.45, 2.75) is 63.0 Å². The Morgan fingerprint density at radius 2 is 2.12 bits per heavy atom. The van der Waals surface area contributed by atoms with Crippen LogP contribution in [0, 0.1) is 5.92 Å². The quantitative estimate of drug-likeness (QED) is 0.821. The molecule has 3 fully saturated rings. The van der Waals surface area contributed by atoms with Crippen molar-refractivity contribution in [2.24, 2.45) is 10.9 Å². The summed E-state index contributed by atoms with van der Waals surface area (Å²) in [7, 11) is 0. The summed E-state index contributed by atoms with van der Waals surface area (Å²) in [6.45, 7) is 5.44. The molecule has 0 aromatic carbocycles. The van der Waals surface area contributed by atoms with Gasteiger partial charge in [0.25, 0.3) is 0 Å². The lowest BCUT2D eigenvalue weighted by Gasteiger charge is -2.28. The number of hydrogen-bond acceptors (Lipinski definition) is 3. The molecule has 2 heterocycles. The molecule has 96 valence electrons. The van der Waals surface area contributed by atoms with E-state index in [1.807, 2.05) is 11.8 Å². The maximum absolute atomic E-state index is 5.84. The summed E-state index contributed by atoms with van der Waals surface area (Å²) < 4.78 is 5.84. The third kappa shape index (κ3) is 2.79. The van der Waals surface area contributed by atoms with Crippen LogP contribution < -0.4 is 5.32 Å². The first-order chi connectivity index (χ1) is 8.22. The summed E-state index contributed by atoms with van der Waals surface area (Å²) in [4.78, 5) is 4.92. The van der Waals surface area contributed by atoms with Crippen molar-refractivity contribution >= 4 is 16.9 Å². The Kier molecular flexibility index (Phi) is 3.35. The van der Waals surface area contributed by atoms with Gasteiger partial charge in [-0.15, -0.1) is 0 Å². The van der Waals surface area contributed by atoms with Crippen LogP contribution in [0.15, 0.2) is 4.99 Å². The average Bonchev–Trinajstić information content (AvgIpc) is 2.99. The molecule has 1 N–H and O–H groups in total. The van der Waals surface area contributed by atoms with Gasteiger partial charge in [-0.25, -0.2) is 0 Å². The van der Waals surface area contributed by atoms with E-state index in [0.717, 1.165) is 24.1 Å². The zero-order valence-corrected chi connectivity index (χ0v) is 11.5. The molecule has 0 amide bonds. The van der Waals surface area contributed by atoms with Gasteiger partial charge < -0.3 is 10.1 Å².